The van der Waals surface area contributed by atoms with E-state index < -0.39 is 71.5 Å². The van der Waals surface area contributed by atoms with Gasteiger partial charge in [-0.05, 0) is 129 Å². The molecule has 10 unspecified atom stereocenters. The van der Waals surface area contributed by atoms with Gasteiger partial charge in [-0.1, -0.05) is 59.6 Å². The lowest BCUT2D eigenvalue weighted by atomic mass is 9.75. The fraction of sp³-hybridized carbons (Fsp3) is 0.520. The molecule has 0 spiro atoms. The molecule has 0 saturated heterocycles. The number of carbonyl (C=O) groups excluding carboxylic acids is 6. The summed E-state index contributed by atoms with van der Waals surface area (Å²) in [6.07, 6.45) is 3.33. The van der Waals surface area contributed by atoms with Crippen LogP contribution < -0.4 is 16.0 Å². The van der Waals surface area contributed by atoms with Gasteiger partial charge in [0.2, 0.25) is 23.6 Å². The topological polar surface area (TPSA) is 189 Å². The molecule has 8 rings (SSSR count). The maximum Gasteiger partial charge on any atom is 0.339 e. The summed E-state index contributed by atoms with van der Waals surface area (Å²) in [4.78, 5) is 98.3. The van der Waals surface area contributed by atoms with E-state index in [2.05, 4.69) is 35.7 Å². The van der Waals surface area contributed by atoms with E-state index >= 15 is 0 Å². The van der Waals surface area contributed by atoms with Crippen molar-refractivity contribution in [2.45, 2.75) is 63.6 Å². The Bertz CT molecular complexity index is 2370. The minimum atomic E-state index is -1.01. The summed E-state index contributed by atoms with van der Waals surface area (Å²) in [7, 11) is 7.94. The van der Waals surface area contributed by atoms with Gasteiger partial charge in [-0.15, -0.1) is 0 Å². The molecule has 4 aliphatic carbocycles. The van der Waals surface area contributed by atoms with Crippen molar-refractivity contribution in [3.8, 4) is 0 Å². The number of amides is 4. The first kappa shape index (κ1) is 48.2. The second-order valence-electron chi connectivity index (χ2n) is 19.3. The maximum atomic E-state index is 14.8. The molecule has 0 radical (unpaired) electrons. The number of halogens is 2. The average Bonchev–Trinajstić information content (AvgIpc) is 4.08. The third-order valence-electron chi connectivity index (χ3n) is 14.3. The summed E-state index contributed by atoms with van der Waals surface area (Å²) in [6.45, 7) is 2.55. The largest absolute Gasteiger partial charge is 0.458 e. The molecule has 0 aliphatic heterocycles. The normalized spacial score (nSPS) is 26.0. The van der Waals surface area contributed by atoms with Crippen molar-refractivity contribution in [1.29, 1.82) is 0 Å². The number of pyridine rings is 2. The van der Waals surface area contributed by atoms with Crippen LogP contribution in [0, 0.1) is 47.3 Å². The standard InChI is InChI=1S/C50H59Cl2N7O8/c1-58(2)19-11-9-17-53-45(60)41-27-21-33(37(23-27)66-49(64)31-25-39(51)55-35-15-7-5-13-29(31)35)43(41)47(62)57-48(63)44-34-22-28(42(44)46(61)54-18-10-12-20-59(3)4)24-38(34)67-50(65)32-26-40(52)56-36-16-8-6-14-30(32)36/h5-8,13-16,25-28,33-34,37-38,41-44H,9-12,17-24H2,1-4H3,(H,53,60)(H,54,61)(H,57,62,63). The molecule has 4 aromatic rings. The molecule has 4 aliphatic rings. The monoisotopic (exact) mass is 955 g/mol. The second-order valence-corrected chi connectivity index (χ2v) is 20.0. The molecule has 2 heterocycles. The Balaban J connectivity index is 1.03. The number of carbonyl (C=O) groups is 6. The van der Waals surface area contributed by atoms with Crippen molar-refractivity contribution in [1.82, 2.24) is 35.7 Å². The van der Waals surface area contributed by atoms with E-state index in [1.165, 1.54) is 12.1 Å². The number of fused-ring (bicyclic) bond motifs is 6. The Morgan fingerprint density at radius 3 is 1.37 bits per heavy atom. The first-order valence-electron chi connectivity index (χ1n) is 23.4. The molecule has 2 aromatic heterocycles. The molecule has 10 atom stereocenters. The molecule has 4 saturated carbocycles. The van der Waals surface area contributed by atoms with Crippen molar-refractivity contribution in [3.05, 3.63) is 82.1 Å². The molecular weight excluding hydrogens is 897 g/mol. The quantitative estimate of drug-likeness (QED) is 0.0462. The van der Waals surface area contributed by atoms with Crippen LogP contribution in [0.4, 0.5) is 0 Å². The molecular formula is C50H59Cl2N7O8. The molecule has 2 aromatic carbocycles. The van der Waals surface area contributed by atoms with Crippen LogP contribution in [-0.2, 0) is 28.7 Å². The third kappa shape index (κ3) is 10.6. The number of ether oxygens (including phenoxy) is 2. The number of benzene rings is 2. The highest BCUT2D eigenvalue weighted by Gasteiger charge is 2.62. The van der Waals surface area contributed by atoms with Gasteiger partial charge in [-0.2, -0.15) is 0 Å². The van der Waals surface area contributed by atoms with Gasteiger partial charge in [0.05, 0.1) is 45.8 Å². The highest BCUT2D eigenvalue weighted by atomic mass is 35.5. The van der Waals surface area contributed by atoms with Crippen LogP contribution >= 0.6 is 23.2 Å². The lowest BCUT2D eigenvalue weighted by Crippen LogP contribution is -2.53. The average molecular weight is 957 g/mol. The van der Waals surface area contributed by atoms with E-state index in [4.69, 9.17) is 32.7 Å². The van der Waals surface area contributed by atoms with Crippen LogP contribution in [0.1, 0.15) is 72.1 Å². The van der Waals surface area contributed by atoms with Crippen LogP contribution in [0.3, 0.4) is 0 Å². The molecule has 356 valence electrons. The maximum absolute atomic E-state index is 14.8. The predicted octanol–water partition coefficient (Wildman–Crippen LogP) is 5.94. The summed E-state index contributed by atoms with van der Waals surface area (Å²) in [5.74, 6) is -8.52. The third-order valence-corrected chi connectivity index (χ3v) is 14.7. The predicted molar refractivity (Wildman–Crippen MR) is 253 cm³/mol. The number of nitrogens with zero attached hydrogens (tertiary/aromatic N) is 4. The minimum Gasteiger partial charge on any atom is -0.458 e. The van der Waals surface area contributed by atoms with Gasteiger partial charge in [0, 0.05) is 35.7 Å². The fourth-order valence-corrected chi connectivity index (χ4v) is 11.8. The molecule has 4 bridgehead atoms. The summed E-state index contributed by atoms with van der Waals surface area (Å²) in [5, 5.41) is 10.1. The van der Waals surface area contributed by atoms with Crippen LogP contribution in [0.15, 0.2) is 60.7 Å². The summed E-state index contributed by atoms with van der Waals surface area (Å²) in [5.41, 5.74) is 1.51. The van der Waals surface area contributed by atoms with Gasteiger partial charge in [0.15, 0.2) is 0 Å². The number of nitrogens with one attached hydrogen (secondary N) is 3. The number of para-hydroxylation sites is 2. The molecule has 67 heavy (non-hydrogen) atoms. The Kier molecular flexibility index (Phi) is 15.1. The van der Waals surface area contributed by atoms with E-state index in [1.807, 2.05) is 28.2 Å². The van der Waals surface area contributed by atoms with E-state index in [-0.39, 0.29) is 45.1 Å². The Labute approximate surface area is 400 Å². The van der Waals surface area contributed by atoms with Gasteiger partial charge in [-0.3, -0.25) is 24.5 Å². The van der Waals surface area contributed by atoms with Crippen molar-refractivity contribution < 1.29 is 38.2 Å². The van der Waals surface area contributed by atoms with E-state index in [9.17, 15) is 28.8 Å². The van der Waals surface area contributed by atoms with Gasteiger partial charge >= 0.3 is 11.9 Å². The zero-order valence-electron chi connectivity index (χ0n) is 38.3. The number of aromatic nitrogens is 2. The molecule has 4 amide bonds. The van der Waals surface area contributed by atoms with Crippen molar-refractivity contribution in [2.75, 3.05) is 54.4 Å². The zero-order chi connectivity index (χ0) is 47.5. The van der Waals surface area contributed by atoms with Gasteiger partial charge in [0.1, 0.15) is 22.5 Å². The minimum absolute atomic E-state index is 0.126. The highest BCUT2D eigenvalue weighted by molar-refractivity contribution is 6.31. The van der Waals surface area contributed by atoms with Crippen LogP contribution in [-0.4, -0.2) is 122 Å². The second kappa shape index (κ2) is 21.0. The van der Waals surface area contributed by atoms with Crippen molar-refractivity contribution in [3.63, 3.8) is 0 Å². The Morgan fingerprint density at radius 1 is 0.567 bits per heavy atom. The lowest BCUT2D eigenvalue weighted by molar-refractivity contribution is -0.147. The highest BCUT2D eigenvalue weighted by Crippen LogP contribution is 2.56. The van der Waals surface area contributed by atoms with Crippen LogP contribution in [0.2, 0.25) is 10.3 Å². The number of unbranched alkanes of at least 4 members (excludes halogenated alkanes) is 2. The van der Waals surface area contributed by atoms with Crippen LogP contribution in [0.25, 0.3) is 21.8 Å². The van der Waals surface area contributed by atoms with Crippen molar-refractivity contribution >= 4 is 80.6 Å². The Hall–Kier alpha value is -5.22. The Morgan fingerprint density at radius 2 is 0.970 bits per heavy atom. The van der Waals surface area contributed by atoms with Crippen LogP contribution in [0.5, 0.6) is 0 Å². The zero-order valence-corrected chi connectivity index (χ0v) is 39.9. The van der Waals surface area contributed by atoms with Gasteiger partial charge < -0.3 is 29.9 Å². The molecule has 3 N–H and O–H groups in total. The first-order chi connectivity index (χ1) is 32.2. The number of esters is 2. The smallest absolute Gasteiger partial charge is 0.339 e. The number of imide groups is 1. The molecule has 15 nitrogen and oxygen atoms in total. The van der Waals surface area contributed by atoms with E-state index in [0.717, 1.165) is 38.8 Å². The number of hydrogen-bond acceptors (Lipinski definition) is 12. The lowest BCUT2D eigenvalue weighted by Gasteiger charge is -2.36. The van der Waals surface area contributed by atoms with Gasteiger partial charge in [-0.25, -0.2) is 19.6 Å². The first-order valence-corrected chi connectivity index (χ1v) is 24.2. The molecule has 4 fully saturated rings. The van der Waals surface area contributed by atoms with Crippen molar-refractivity contribution in [2.24, 2.45) is 47.3 Å². The van der Waals surface area contributed by atoms with E-state index in [0.29, 0.717) is 60.6 Å². The summed E-state index contributed by atoms with van der Waals surface area (Å²) in [6, 6.07) is 17.1. The number of hydrogen-bond donors (Lipinski definition) is 3. The van der Waals surface area contributed by atoms with E-state index in [1.54, 1.807) is 48.5 Å². The fourth-order valence-electron chi connectivity index (χ4n) is 11.4. The number of rotatable bonds is 18. The summed E-state index contributed by atoms with van der Waals surface area (Å²) >= 11 is 12.7. The van der Waals surface area contributed by atoms with Gasteiger partial charge in [0.25, 0.3) is 0 Å². The molecule has 17 heteroatoms. The SMILES string of the molecule is CN(C)CCCCNC(=O)C1C2CC(OC(=O)c3cc(Cl)nc4ccccc34)C(C2)C1C(=O)NC(=O)C1C2CC(CC2OC(=O)c2cc(Cl)nc3ccccc23)C1C(=O)NCCCCN(C)C. The summed E-state index contributed by atoms with van der Waals surface area (Å²) < 4.78 is 12.4.